The maximum absolute atomic E-state index is 12.4. The van der Waals surface area contributed by atoms with E-state index in [-0.39, 0.29) is 5.91 Å². The molecule has 0 atom stereocenters. The first-order chi connectivity index (χ1) is 8.84. The van der Waals surface area contributed by atoms with E-state index in [0.29, 0.717) is 12.6 Å². The predicted molar refractivity (Wildman–Crippen MR) is 71.5 cm³/mol. The third-order valence-corrected chi connectivity index (χ3v) is 3.94. The summed E-state index contributed by atoms with van der Waals surface area (Å²) < 4.78 is 0. The van der Waals surface area contributed by atoms with Crippen LogP contribution in [0.4, 0.5) is 0 Å². The molecule has 1 saturated carbocycles. The van der Waals surface area contributed by atoms with Gasteiger partial charge in [0.15, 0.2) is 0 Å². The molecule has 0 unspecified atom stereocenters. The molecule has 18 heavy (non-hydrogen) atoms. The first-order valence-electron chi connectivity index (χ1n) is 6.08. The van der Waals surface area contributed by atoms with Gasteiger partial charge in [-0.25, -0.2) is 0 Å². The van der Waals surface area contributed by atoms with Crippen molar-refractivity contribution in [1.29, 1.82) is 0 Å². The molecule has 1 fully saturated rings. The molecule has 1 aliphatic carbocycles. The molecule has 1 aliphatic rings. The zero-order valence-electron chi connectivity index (χ0n) is 9.95. The molecule has 3 rings (SSSR count). The van der Waals surface area contributed by atoms with Crippen LogP contribution in [-0.2, 0) is 6.54 Å². The lowest BCUT2D eigenvalue weighted by Crippen LogP contribution is -2.32. The van der Waals surface area contributed by atoms with E-state index in [1.54, 1.807) is 12.4 Å². The minimum Gasteiger partial charge on any atom is -0.331 e. The topological polar surface area (TPSA) is 33.2 Å². The smallest absolute Gasteiger partial charge is 0.264 e. The lowest BCUT2D eigenvalue weighted by molar-refractivity contribution is 0.0735. The third-order valence-electron chi connectivity index (χ3n) is 3.08. The fourth-order valence-electron chi connectivity index (χ4n) is 1.98. The number of nitrogens with zero attached hydrogens (tertiary/aromatic N) is 2. The lowest BCUT2D eigenvalue weighted by Gasteiger charge is -2.21. The molecule has 0 saturated heterocycles. The van der Waals surface area contributed by atoms with Crippen molar-refractivity contribution in [1.82, 2.24) is 9.88 Å². The lowest BCUT2D eigenvalue weighted by atomic mass is 10.2. The Hall–Kier alpha value is -1.68. The van der Waals surface area contributed by atoms with Crippen molar-refractivity contribution in [3.8, 4) is 0 Å². The van der Waals surface area contributed by atoms with Gasteiger partial charge in [0, 0.05) is 25.0 Å². The van der Waals surface area contributed by atoms with Crippen LogP contribution >= 0.6 is 11.3 Å². The molecule has 2 heterocycles. The summed E-state index contributed by atoms with van der Waals surface area (Å²) in [5.41, 5.74) is 1.14. The number of hydrogen-bond donors (Lipinski definition) is 0. The monoisotopic (exact) mass is 258 g/mol. The number of carbonyl (C=O) groups is 1. The summed E-state index contributed by atoms with van der Waals surface area (Å²) >= 11 is 1.51. The summed E-state index contributed by atoms with van der Waals surface area (Å²) in [7, 11) is 0. The number of rotatable bonds is 4. The van der Waals surface area contributed by atoms with Crippen LogP contribution in [-0.4, -0.2) is 21.8 Å². The second-order valence-corrected chi connectivity index (χ2v) is 5.44. The summed E-state index contributed by atoms with van der Waals surface area (Å²) in [6, 6.07) is 8.19. The molecular weight excluding hydrogens is 244 g/mol. The van der Waals surface area contributed by atoms with Gasteiger partial charge in [0.05, 0.1) is 4.88 Å². The zero-order valence-corrected chi connectivity index (χ0v) is 10.8. The molecule has 0 spiro atoms. The van der Waals surface area contributed by atoms with Crippen molar-refractivity contribution in [2.75, 3.05) is 0 Å². The van der Waals surface area contributed by atoms with Gasteiger partial charge in [0.2, 0.25) is 0 Å². The molecule has 0 aromatic carbocycles. The Kier molecular flexibility index (Phi) is 3.11. The van der Waals surface area contributed by atoms with Gasteiger partial charge in [-0.15, -0.1) is 11.3 Å². The molecule has 0 N–H and O–H groups in total. The summed E-state index contributed by atoms with van der Waals surface area (Å²) in [6.45, 7) is 0.684. The maximum Gasteiger partial charge on any atom is 0.264 e. The SMILES string of the molecule is O=C(c1cccs1)N(Cc1ccncc1)C1CC1. The van der Waals surface area contributed by atoms with Gasteiger partial charge < -0.3 is 4.90 Å². The zero-order chi connectivity index (χ0) is 12.4. The summed E-state index contributed by atoms with van der Waals surface area (Å²) in [4.78, 5) is 19.2. The van der Waals surface area contributed by atoms with Crippen LogP contribution in [0.1, 0.15) is 28.1 Å². The van der Waals surface area contributed by atoms with Crippen LogP contribution in [0.15, 0.2) is 42.0 Å². The molecular formula is C14H14N2OS. The van der Waals surface area contributed by atoms with Crippen LogP contribution in [0.5, 0.6) is 0 Å². The standard InChI is InChI=1S/C14H14N2OS/c17-14(13-2-1-9-18-13)16(12-3-4-12)10-11-5-7-15-8-6-11/h1-2,5-9,12H,3-4,10H2. The minimum absolute atomic E-state index is 0.157. The third kappa shape index (κ3) is 2.43. The van der Waals surface area contributed by atoms with Crippen LogP contribution in [0.25, 0.3) is 0 Å². The highest BCUT2D eigenvalue weighted by Crippen LogP contribution is 2.30. The number of amides is 1. The van der Waals surface area contributed by atoms with Gasteiger partial charge >= 0.3 is 0 Å². The number of carbonyl (C=O) groups excluding carboxylic acids is 1. The van der Waals surface area contributed by atoms with Gasteiger partial charge in [0.25, 0.3) is 5.91 Å². The number of thiophene rings is 1. The molecule has 92 valence electrons. The van der Waals surface area contributed by atoms with Gasteiger partial charge in [-0.2, -0.15) is 0 Å². The Balaban J connectivity index is 1.79. The summed E-state index contributed by atoms with van der Waals surface area (Å²) in [5, 5.41) is 1.95. The van der Waals surface area contributed by atoms with Crippen molar-refractivity contribution in [2.24, 2.45) is 0 Å². The van der Waals surface area contributed by atoms with E-state index < -0.39 is 0 Å². The number of hydrogen-bond acceptors (Lipinski definition) is 3. The molecule has 2 aromatic rings. The van der Waals surface area contributed by atoms with E-state index >= 15 is 0 Å². The number of pyridine rings is 1. The van der Waals surface area contributed by atoms with E-state index in [1.165, 1.54) is 11.3 Å². The van der Waals surface area contributed by atoms with Gasteiger partial charge in [-0.1, -0.05) is 6.07 Å². The van der Waals surface area contributed by atoms with Crippen molar-refractivity contribution in [3.63, 3.8) is 0 Å². The average molecular weight is 258 g/mol. The second-order valence-electron chi connectivity index (χ2n) is 4.50. The molecule has 1 amide bonds. The quantitative estimate of drug-likeness (QED) is 0.844. The van der Waals surface area contributed by atoms with E-state index in [2.05, 4.69) is 4.98 Å². The van der Waals surface area contributed by atoms with Crippen LogP contribution in [0, 0.1) is 0 Å². The van der Waals surface area contributed by atoms with E-state index in [1.807, 2.05) is 34.5 Å². The first kappa shape index (κ1) is 11.4. The predicted octanol–water partition coefficient (Wildman–Crippen LogP) is 2.95. The van der Waals surface area contributed by atoms with Crippen LogP contribution in [0.3, 0.4) is 0 Å². The summed E-state index contributed by atoms with van der Waals surface area (Å²) in [5.74, 6) is 0.157. The highest BCUT2D eigenvalue weighted by atomic mass is 32.1. The van der Waals surface area contributed by atoms with Crippen molar-refractivity contribution in [3.05, 3.63) is 52.5 Å². The first-order valence-corrected chi connectivity index (χ1v) is 6.96. The molecule has 2 aromatic heterocycles. The Morgan fingerprint density at radius 3 is 2.72 bits per heavy atom. The second kappa shape index (κ2) is 4.90. The van der Waals surface area contributed by atoms with Gasteiger partial charge in [-0.05, 0) is 42.0 Å². The Bertz CT molecular complexity index is 520. The Morgan fingerprint density at radius 1 is 1.33 bits per heavy atom. The number of aromatic nitrogens is 1. The van der Waals surface area contributed by atoms with Crippen molar-refractivity contribution in [2.45, 2.75) is 25.4 Å². The molecule has 0 bridgehead atoms. The van der Waals surface area contributed by atoms with E-state index in [4.69, 9.17) is 0 Å². The Labute approximate surface area is 110 Å². The van der Waals surface area contributed by atoms with Crippen LogP contribution < -0.4 is 0 Å². The molecule has 0 aliphatic heterocycles. The van der Waals surface area contributed by atoms with Crippen LogP contribution in [0.2, 0.25) is 0 Å². The Morgan fingerprint density at radius 2 is 2.11 bits per heavy atom. The highest BCUT2D eigenvalue weighted by molar-refractivity contribution is 7.12. The minimum atomic E-state index is 0.157. The fourth-order valence-corrected chi connectivity index (χ4v) is 2.66. The average Bonchev–Trinajstić information content (AvgIpc) is 3.10. The van der Waals surface area contributed by atoms with E-state index in [9.17, 15) is 4.79 Å². The largest absolute Gasteiger partial charge is 0.331 e. The van der Waals surface area contributed by atoms with E-state index in [0.717, 1.165) is 23.3 Å². The highest BCUT2D eigenvalue weighted by Gasteiger charge is 2.33. The van der Waals surface area contributed by atoms with Gasteiger partial charge in [0.1, 0.15) is 0 Å². The van der Waals surface area contributed by atoms with Crippen molar-refractivity contribution >= 4 is 17.2 Å². The maximum atomic E-state index is 12.4. The van der Waals surface area contributed by atoms with Crippen molar-refractivity contribution < 1.29 is 4.79 Å². The molecule has 0 radical (unpaired) electrons. The van der Waals surface area contributed by atoms with Gasteiger partial charge in [-0.3, -0.25) is 9.78 Å². The molecule has 3 nitrogen and oxygen atoms in total. The fraction of sp³-hybridized carbons (Fsp3) is 0.286. The normalized spacial score (nSPS) is 14.4. The molecule has 4 heteroatoms. The summed E-state index contributed by atoms with van der Waals surface area (Å²) in [6.07, 6.45) is 5.80.